The Kier molecular flexibility index (Phi) is 6.00. The molecule has 10 heteroatoms. The lowest BCUT2D eigenvalue weighted by Crippen LogP contribution is -2.39. The number of aromatic amines is 1. The van der Waals surface area contributed by atoms with E-state index in [2.05, 4.69) is 25.5 Å². The number of pyridine rings is 2. The van der Waals surface area contributed by atoms with Crippen LogP contribution in [0.4, 0.5) is 0 Å². The molecule has 1 fully saturated rings. The fraction of sp³-hybridized carbons (Fsp3) is 0.296. The second-order valence-corrected chi connectivity index (χ2v) is 10.1. The Bertz CT molecular complexity index is 1680. The van der Waals surface area contributed by atoms with Gasteiger partial charge in [-0.3, -0.25) is 24.0 Å². The van der Waals surface area contributed by atoms with Crippen LogP contribution < -0.4 is 11.0 Å². The molecule has 1 aromatic carbocycles. The number of aryl methyl sites for hydroxylation is 1. The van der Waals surface area contributed by atoms with Gasteiger partial charge < -0.3 is 5.32 Å². The number of benzene rings is 1. The molecule has 188 valence electrons. The zero-order valence-corrected chi connectivity index (χ0v) is 21.1. The highest BCUT2D eigenvalue weighted by atomic mass is 35.5. The second-order valence-electron chi connectivity index (χ2n) is 9.70. The Morgan fingerprint density at radius 2 is 1.86 bits per heavy atom. The standard InChI is InChI=1S/C27H26ClN7O2/c1-16-22(11-19(28)13-29-16)26(36)32-20-8-6-17(7-9-20)15-34-23-4-2-3-5-24(23)35(27(34)37)21-10-18-12-31-33-25(18)30-14-21/h2-5,10-14,17,20H,6-9,15H2,1H3,(H,32,36)(H,30,31,33). The summed E-state index contributed by atoms with van der Waals surface area (Å²) < 4.78 is 3.60. The molecule has 4 aromatic heterocycles. The van der Waals surface area contributed by atoms with Crippen molar-refractivity contribution in [2.75, 3.05) is 0 Å². The number of rotatable bonds is 5. The molecule has 1 saturated carbocycles. The van der Waals surface area contributed by atoms with Crippen LogP contribution in [-0.2, 0) is 6.54 Å². The minimum atomic E-state index is -0.140. The number of halogens is 1. The highest BCUT2D eigenvalue weighted by Crippen LogP contribution is 2.28. The van der Waals surface area contributed by atoms with E-state index in [0.717, 1.165) is 42.1 Å². The van der Waals surface area contributed by atoms with Crippen LogP contribution in [0.2, 0.25) is 5.02 Å². The summed E-state index contributed by atoms with van der Waals surface area (Å²) in [4.78, 5) is 35.1. The maximum absolute atomic E-state index is 13.7. The number of hydrogen-bond donors (Lipinski definition) is 2. The van der Waals surface area contributed by atoms with Gasteiger partial charge in [0.05, 0.1) is 45.4 Å². The Morgan fingerprint density at radius 3 is 2.68 bits per heavy atom. The SMILES string of the molecule is Cc1ncc(Cl)cc1C(=O)NC1CCC(Cn2c(=O)n(-c3cnc4[nH]ncc4c3)c3ccccc32)CC1. The molecule has 5 aromatic rings. The smallest absolute Gasteiger partial charge is 0.333 e. The second kappa shape index (κ2) is 9.48. The van der Waals surface area contributed by atoms with Crippen molar-refractivity contribution in [3.05, 3.63) is 81.8 Å². The van der Waals surface area contributed by atoms with Crippen molar-refractivity contribution in [3.8, 4) is 5.69 Å². The number of carbonyl (C=O) groups excluding carboxylic acids is 1. The molecule has 0 radical (unpaired) electrons. The van der Waals surface area contributed by atoms with Crippen LogP contribution in [-0.4, -0.2) is 41.2 Å². The van der Waals surface area contributed by atoms with Gasteiger partial charge in [-0.05, 0) is 62.8 Å². The fourth-order valence-corrected chi connectivity index (χ4v) is 5.49. The minimum Gasteiger partial charge on any atom is -0.349 e. The molecule has 0 aliphatic heterocycles. The molecule has 0 saturated heterocycles. The molecular formula is C27H26ClN7O2. The van der Waals surface area contributed by atoms with Crippen molar-refractivity contribution in [2.24, 2.45) is 5.92 Å². The van der Waals surface area contributed by atoms with Gasteiger partial charge in [-0.1, -0.05) is 23.7 Å². The van der Waals surface area contributed by atoms with Crippen LogP contribution in [0.1, 0.15) is 41.7 Å². The summed E-state index contributed by atoms with van der Waals surface area (Å²) in [6, 6.07) is 11.5. The van der Waals surface area contributed by atoms with E-state index in [0.29, 0.717) is 40.1 Å². The third-order valence-electron chi connectivity index (χ3n) is 7.29. The van der Waals surface area contributed by atoms with Gasteiger partial charge in [-0.25, -0.2) is 9.78 Å². The van der Waals surface area contributed by atoms with Gasteiger partial charge in [0.25, 0.3) is 5.91 Å². The van der Waals surface area contributed by atoms with Crippen LogP contribution >= 0.6 is 11.6 Å². The zero-order valence-electron chi connectivity index (χ0n) is 20.3. The fourth-order valence-electron chi connectivity index (χ4n) is 5.33. The average Bonchev–Trinajstić information content (AvgIpc) is 3.48. The third-order valence-corrected chi connectivity index (χ3v) is 7.50. The van der Waals surface area contributed by atoms with E-state index < -0.39 is 0 Å². The summed E-state index contributed by atoms with van der Waals surface area (Å²) in [5.41, 5.74) is 4.25. The maximum Gasteiger partial charge on any atom is 0.333 e. The van der Waals surface area contributed by atoms with Crippen LogP contribution in [0.5, 0.6) is 0 Å². The molecule has 0 atom stereocenters. The first kappa shape index (κ1) is 23.4. The van der Waals surface area contributed by atoms with Crippen LogP contribution in [0, 0.1) is 12.8 Å². The molecule has 1 aliphatic carbocycles. The highest BCUT2D eigenvalue weighted by Gasteiger charge is 2.26. The molecule has 0 bridgehead atoms. The first-order chi connectivity index (χ1) is 18.0. The number of aromatic nitrogens is 6. The summed E-state index contributed by atoms with van der Waals surface area (Å²) in [7, 11) is 0. The van der Waals surface area contributed by atoms with Gasteiger partial charge in [0, 0.05) is 24.2 Å². The topological polar surface area (TPSA) is 110 Å². The number of amides is 1. The number of nitrogens with zero attached hydrogens (tertiary/aromatic N) is 5. The Balaban J connectivity index is 1.20. The summed E-state index contributed by atoms with van der Waals surface area (Å²) >= 11 is 6.04. The van der Waals surface area contributed by atoms with Gasteiger partial charge in [0.15, 0.2) is 5.65 Å². The number of H-pyrrole nitrogens is 1. The van der Waals surface area contributed by atoms with Gasteiger partial charge in [0.1, 0.15) is 0 Å². The molecule has 1 amide bonds. The van der Waals surface area contributed by atoms with E-state index in [4.69, 9.17) is 11.6 Å². The van der Waals surface area contributed by atoms with Gasteiger partial charge in [-0.2, -0.15) is 5.10 Å². The van der Waals surface area contributed by atoms with E-state index in [1.165, 1.54) is 0 Å². The predicted octanol–water partition coefficient (Wildman–Crippen LogP) is 4.41. The van der Waals surface area contributed by atoms with Crippen molar-refractivity contribution in [1.82, 2.24) is 34.6 Å². The normalized spacial score (nSPS) is 17.9. The lowest BCUT2D eigenvalue weighted by Gasteiger charge is -2.29. The van der Waals surface area contributed by atoms with E-state index in [-0.39, 0.29) is 17.6 Å². The molecule has 0 spiro atoms. The van der Waals surface area contributed by atoms with E-state index >= 15 is 0 Å². The van der Waals surface area contributed by atoms with E-state index in [9.17, 15) is 9.59 Å². The van der Waals surface area contributed by atoms with Crippen molar-refractivity contribution in [3.63, 3.8) is 0 Å². The van der Waals surface area contributed by atoms with E-state index in [1.54, 1.807) is 36.1 Å². The average molecular weight is 516 g/mol. The predicted molar refractivity (Wildman–Crippen MR) is 142 cm³/mol. The molecule has 9 nitrogen and oxygen atoms in total. The van der Waals surface area contributed by atoms with Crippen molar-refractivity contribution < 1.29 is 4.79 Å². The molecule has 0 unspecified atom stereocenters. The number of fused-ring (bicyclic) bond motifs is 2. The van der Waals surface area contributed by atoms with Crippen LogP contribution in [0.3, 0.4) is 0 Å². The summed E-state index contributed by atoms with van der Waals surface area (Å²) in [5.74, 6) is 0.201. The first-order valence-electron chi connectivity index (χ1n) is 12.4. The molecule has 6 rings (SSSR count). The van der Waals surface area contributed by atoms with Gasteiger partial charge in [-0.15, -0.1) is 0 Å². The Labute approximate surface area is 217 Å². The Morgan fingerprint density at radius 1 is 1.08 bits per heavy atom. The van der Waals surface area contributed by atoms with Crippen molar-refractivity contribution in [2.45, 2.75) is 45.2 Å². The number of nitrogens with one attached hydrogen (secondary N) is 2. The molecule has 4 heterocycles. The van der Waals surface area contributed by atoms with E-state index in [1.807, 2.05) is 34.9 Å². The third kappa shape index (κ3) is 4.40. The largest absolute Gasteiger partial charge is 0.349 e. The number of carbonyl (C=O) groups is 1. The maximum atomic E-state index is 13.7. The molecular weight excluding hydrogens is 490 g/mol. The Hall–Kier alpha value is -3.98. The zero-order chi connectivity index (χ0) is 25.5. The van der Waals surface area contributed by atoms with Crippen molar-refractivity contribution >= 4 is 39.6 Å². The lowest BCUT2D eigenvalue weighted by molar-refractivity contribution is 0.0919. The summed E-state index contributed by atoms with van der Waals surface area (Å²) in [5, 5.41) is 11.3. The van der Waals surface area contributed by atoms with Crippen molar-refractivity contribution in [1.29, 1.82) is 0 Å². The first-order valence-corrected chi connectivity index (χ1v) is 12.8. The lowest BCUT2D eigenvalue weighted by atomic mass is 9.85. The number of imidazole rings is 1. The van der Waals surface area contributed by atoms with Gasteiger partial charge >= 0.3 is 5.69 Å². The minimum absolute atomic E-state index is 0.0785. The summed E-state index contributed by atoms with van der Waals surface area (Å²) in [6.45, 7) is 2.44. The molecule has 2 N–H and O–H groups in total. The molecule has 1 aliphatic rings. The summed E-state index contributed by atoms with van der Waals surface area (Å²) in [6.07, 6.45) is 8.51. The number of hydrogen-bond acceptors (Lipinski definition) is 5. The highest BCUT2D eigenvalue weighted by molar-refractivity contribution is 6.30. The van der Waals surface area contributed by atoms with Gasteiger partial charge in [0.2, 0.25) is 0 Å². The molecule has 37 heavy (non-hydrogen) atoms. The van der Waals surface area contributed by atoms with Crippen LogP contribution in [0.15, 0.2) is 59.8 Å². The monoisotopic (exact) mass is 515 g/mol. The van der Waals surface area contributed by atoms with Crippen LogP contribution in [0.25, 0.3) is 27.8 Å². The quantitative estimate of drug-likeness (QED) is 0.360. The number of para-hydroxylation sites is 2.